The number of nitrogens with zero attached hydrogens (tertiary/aromatic N) is 1. The Morgan fingerprint density at radius 2 is 2.20 bits per heavy atom. The van der Waals surface area contributed by atoms with Gasteiger partial charge in [-0.25, -0.2) is 4.39 Å². The Kier molecular flexibility index (Phi) is 4.34. The predicted octanol–water partition coefficient (Wildman–Crippen LogP) is 2.01. The van der Waals surface area contributed by atoms with Gasteiger partial charge in [-0.1, -0.05) is 31.5 Å². The van der Waals surface area contributed by atoms with Crippen LogP contribution in [0.15, 0.2) is 24.3 Å². The maximum Gasteiger partial charge on any atom is 0.274 e. The number of aromatic amines is 1. The van der Waals surface area contributed by atoms with E-state index in [2.05, 4.69) is 15.5 Å². The predicted molar refractivity (Wildman–Crippen MR) is 74.6 cm³/mol. The van der Waals surface area contributed by atoms with Gasteiger partial charge in [-0.15, -0.1) is 0 Å². The minimum Gasteiger partial charge on any atom is -0.395 e. The molecule has 1 aromatic carbocycles. The lowest BCUT2D eigenvalue weighted by Gasteiger charge is -2.05. The van der Waals surface area contributed by atoms with Gasteiger partial charge in [-0.3, -0.25) is 9.89 Å². The van der Waals surface area contributed by atoms with Crippen LogP contribution in [0, 0.1) is 5.82 Å². The topological polar surface area (TPSA) is 83.8 Å². The summed E-state index contributed by atoms with van der Waals surface area (Å²) in [7, 11) is 0. The summed E-state index contributed by atoms with van der Waals surface area (Å²) in [6.45, 7) is 2.11. The highest BCUT2D eigenvalue weighted by Crippen LogP contribution is 2.15. The van der Waals surface area contributed by atoms with Gasteiger partial charge in [0.2, 0.25) is 0 Å². The molecule has 2 rings (SSSR count). The van der Waals surface area contributed by atoms with Gasteiger partial charge in [-0.2, -0.15) is 5.10 Å². The van der Waals surface area contributed by atoms with Crippen LogP contribution in [0.3, 0.4) is 0 Å². The summed E-state index contributed by atoms with van der Waals surface area (Å²) in [5, 5.41) is 9.28. The molecule has 4 N–H and O–H groups in total. The normalized spacial score (nSPS) is 10.5. The molecule has 0 bridgehead atoms. The number of amides is 1. The van der Waals surface area contributed by atoms with Crippen molar-refractivity contribution in [3.8, 4) is 0 Å². The number of nitrogens with one attached hydrogen (secondary N) is 2. The van der Waals surface area contributed by atoms with Crippen molar-refractivity contribution in [3.63, 3.8) is 0 Å². The standard InChI is InChI=1S/C14H17FN4O/c1-2-5-11-12(16)13(19-18-11)14(20)17-8-9-6-3-4-7-10(9)15/h3-4,6-7H,2,5,8,16H2,1H3,(H,17,20)(H,18,19). The fraction of sp³-hybridized carbons (Fsp3) is 0.286. The van der Waals surface area contributed by atoms with Crippen molar-refractivity contribution in [2.24, 2.45) is 0 Å². The molecule has 0 spiro atoms. The zero-order valence-corrected chi connectivity index (χ0v) is 11.2. The summed E-state index contributed by atoms with van der Waals surface area (Å²) in [5.74, 6) is -0.765. The van der Waals surface area contributed by atoms with E-state index in [1.54, 1.807) is 18.2 Å². The first-order chi connectivity index (χ1) is 9.63. The van der Waals surface area contributed by atoms with E-state index in [1.807, 2.05) is 6.92 Å². The number of carbonyl (C=O) groups excluding carboxylic acids is 1. The minimum absolute atomic E-state index is 0.0981. The third-order valence-corrected chi connectivity index (χ3v) is 3.00. The van der Waals surface area contributed by atoms with Gasteiger partial charge >= 0.3 is 0 Å². The molecule has 1 heterocycles. The summed E-state index contributed by atoms with van der Waals surface area (Å²) in [6, 6.07) is 6.28. The second-order valence-corrected chi connectivity index (χ2v) is 4.49. The lowest BCUT2D eigenvalue weighted by molar-refractivity contribution is 0.0946. The highest BCUT2D eigenvalue weighted by molar-refractivity contribution is 5.97. The third-order valence-electron chi connectivity index (χ3n) is 3.00. The van der Waals surface area contributed by atoms with Crippen molar-refractivity contribution in [2.45, 2.75) is 26.3 Å². The average Bonchev–Trinajstić information content (AvgIpc) is 2.80. The maximum atomic E-state index is 13.4. The van der Waals surface area contributed by atoms with Gasteiger partial charge in [-0.05, 0) is 12.5 Å². The van der Waals surface area contributed by atoms with Gasteiger partial charge in [0.15, 0.2) is 5.69 Å². The van der Waals surface area contributed by atoms with Crippen LogP contribution >= 0.6 is 0 Å². The zero-order chi connectivity index (χ0) is 14.5. The van der Waals surface area contributed by atoms with Crippen LogP contribution in [0.1, 0.15) is 35.1 Å². The Morgan fingerprint density at radius 1 is 1.45 bits per heavy atom. The van der Waals surface area contributed by atoms with E-state index in [4.69, 9.17) is 5.73 Å². The average molecular weight is 276 g/mol. The zero-order valence-electron chi connectivity index (χ0n) is 11.2. The summed E-state index contributed by atoms with van der Waals surface area (Å²) in [6.07, 6.45) is 1.64. The van der Waals surface area contributed by atoms with Crippen LogP contribution in [-0.2, 0) is 13.0 Å². The molecule has 2 aromatic rings. The number of anilines is 1. The van der Waals surface area contributed by atoms with Crippen LogP contribution in [0.4, 0.5) is 10.1 Å². The molecule has 6 heteroatoms. The summed E-state index contributed by atoms with van der Waals surface area (Å²) >= 11 is 0. The van der Waals surface area contributed by atoms with Crippen molar-refractivity contribution in [2.75, 3.05) is 5.73 Å². The van der Waals surface area contributed by atoms with E-state index in [1.165, 1.54) is 6.07 Å². The molecular weight excluding hydrogens is 259 g/mol. The van der Waals surface area contributed by atoms with Crippen molar-refractivity contribution < 1.29 is 9.18 Å². The van der Waals surface area contributed by atoms with Crippen LogP contribution < -0.4 is 11.1 Å². The molecule has 0 fully saturated rings. The number of aromatic nitrogens is 2. The molecule has 1 amide bonds. The monoisotopic (exact) mass is 276 g/mol. The summed E-state index contributed by atoms with van der Waals surface area (Å²) in [5.41, 5.74) is 7.55. The first-order valence-electron chi connectivity index (χ1n) is 6.47. The van der Waals surface area contributed by atoms with Gasteiger partial charge in [0.1, 0.15) is 5.82 Å². The molecule has 1 aromatic heterocycles. The molecule has 0 aliphatic carbocycles. The van der Waals surface area contributed by atoms with Crippen LogP contribution in [0.25, 0.3) is 0 Å². The highest BCUT2D eigenvalue weighted by atomic mass is 19.1. The largest absolute Gasteiger partial charge is 0.395 e. The van der Waals surface area contributed by atoms with Crippen LogP contribution in [-0.4, -0.2) is 16.1 Å². The Balaban J connectivity index is 2.04. The number of benzene rings is 1. The van der Waals surface area contributed by atoms with E-state index in [0.29, 0.717) is 11.3 Å². The third kappa shape index (κ3) is 2.96. The number of hydrogen-bond donors (Lipinski definition) is 3. The molecule has 0 atom stereocenters. The van der Waals surface area contributed by atoms with Gasteiger partial charge < -0.3 is 11.1 Å². The van der Waals surface area contributed by atoms with Crippen LogP contribution in [0.5, 0.6) is 0 Å². The summed E-state index contributed by atoms with van der Waals surface area (Å²) < 4.78 is 13.4. The molecular formula is C14H17FN4O. The fourth-order valence-corrected chi connectivity index (χ4v) is 1.90. The smallest absolute Gasteiger partial charge is 0.274 e. The molecule has 0 aliphatic rings. The highest BCUT2D eigenvalue weighted by Gasteiger charge is 2.16. The number of rotatable bonds is 5. The van der Waals surface area contributed by atoms with Crippen molar-refractivity contribution in [3.05, 3.63) is 47.0 Å². The number of hydrogen-bond acceptors (Lipinski definition) is 3. The number of H-pyrrole nitrogens is 1. The molecule has 106 valence electrons. The number of carbonyl (C=O) groups is 1. The minimum atomic E-state index is -0.413. The van der Waals surface area contributed by atoms with E-state index >= 15 is 0 Å². The van der Waals surface area contributed by atoms with Crippen LogP contribution in [0.2, 0.25) is 0 Å². The fourth-order valence-electron chi connectivity index (χ4n) is 1.90. The van der Waals surface area contributed by atoms with Gasteiger partial charge in [0.05, 0.1) is 11.4 Å². The second kappa shape index (κ2) is 6.18. The van der Waals surface area contributed by atoms with Crippen molar-refractivity contribution >= 4 is 11.6 Å². The number of halogens is 1. The number of nitrogens with two attached hydrogens (primary N) is 1. The van der Waals surface area contributed by atoms with E-state index in [9.17, 15) is 9.18 Å². The lowest BCUT2D eigenvalue weighted by atomic mass is 10.2. The quantitative estimate of drug-likeness (QED) is 0.781. The van der Waals surface area contributed by atoms with Gasteiger partial charge in [0, 0.05) is 12.1 Å². The van der Waals surface area contributed by atoms with Gasteiger partial charge in [0.25, 0.3) is 5.91 Å². The molecule has 0 aliphatic heterocycles. The summed E-state index contributed by atoms with van der Waals surface area (Å²) in [4.78, 5) is 12.0. The van der Waals surface area contributed by atoms with Crippen molar-refractivity contribution in [1.29, 1.82) is 0 Å². The first-order valence-corrected chi connectivity index (χ1v) is 6.47. The molecule has 20 heavy (non-hydrogen) atoms. The Labute approximate surface area is 116 Å². The number of aryl methyl sites for hydroxylation is 1. The molecule has 0 saturated heterocycles. The first kappa shape index (κ1) is 14.0. The van der Waals surface area contributed by atoms with Crippen molar-refractivity contribution in [1.82, 2.24) is 15.5 Å². The van der Waals surface area contributed by atoms with E-state index in [0.717, 1.165) is 18.5 Å². The maximum absolute atomic E-state index is 13.4. The molecule has 0 saturated carbocycles. The van der Waals surface area contributed by atoms with E-state index in [-0.39, 0.29) is 18.1 Å². The SMILES string of the molecule is CCCc1[nH]nc(C(=O)NCc2ccccc2F)c1N. The molecule has 5 nitrogen and oxygen atoms in total. The Morgan fingerprint density at radius 3 is 2.90 bits per heavy atom. The Bertz CT molecular complexity index is 609. The number of nitrogen functional groups attached to an aromatic ring is 1. The lowest BCUT2D eigenvalue weighted by Crippen LogP contribution is -2.24. The molecule has 0 radical (unpaired) electrons. The molecule has 0 unspecified atom stereocenters. The second-order valence-electron chi connectivity index (χ2n) is 4.49. The van der Waals surface area contributed by atoms with E-state index < -0.39 is 5.91 Å². The Hall–Kier alpha value is -2.37.